The third kappa shape index (κ3) is 4.73. The van der Waals surface area contributed by atoms with Gasteiger partial charge >= 0.3 is 0 Å². The lowest BCUT2D eigenvalue weighted by atomic mass is 10.3. The number of aromatic nitrogens is 1. The van der Waals surface area contributed by atoms with Crippen molar-refractivity contribution in [3.8, 4) is 5.88 Å². The molecule has 3 heteroatoms. The minimum absolute atomic E-state index is 0.483. The molecule has 94 valence electrons. The van der Waals surface area contributed by atoms with E-state index in [4.69, 9.17) is 4.74 Å². The minimum Gasteiger partial charge on any atom is -0.478 e. The van der Waals surface area contributed by atoms with E-state index in [2.05, 4.69) is 24.1 Å². The number of ether oxygens (including phenoxy) is 1. The van der Waals surface area contributed by atoms with E-state index in [1.54, 1.807) is 0 Å². The number of rotatable bonds is 7. The molecule has 0 aliphatic heterocycles. The molecule has 3 nitrogen and oxygen atoms in total. The van der Waals surface area contributed by atoms with Crippen LogP contribution in [0.1, 0.15) is 38.8 Å². The van der Waals surface area contributed by atoms with Crippen molar-refractivity contribution in [3.05, 3.63) is 23.9 Å². The molecule has 0 saturated heterocycles. The first kappa shape index (κ1) is 12.4. The molecule has 0 bridgehead atoms. The number of hydrogen-bond donors (Lipinski definition) is 1. The van der Waals surface area contributed by atoms with E-state index in [1.165, 1.54) is 19.3 Å². The SMILES string of the molecule is CC(C)NCc1cccc(OCCC2CC2)n1. The summed E-state index contributed by atoms with van der Waals surface area (Å²) in [5, 5.41) is 3.36. The Hall–Kier alpha value is -1.09. The van der Waals surface area contributed by atoms with Crippen LogP contribution in [0.4, 0.5) is 0 Å². The molecule has 1 aromatic rings. The summed E-state index contributed by atoms with van der Waals surface area (Å²) in [6.45, 7) is 5.88. The first-order chi connectivity index (χ1) is 8.24. The van der Waals surface area contributed by atoms with Gasteiger partial charge in [-0.1, -0.05) is 32.8 Å². The maximum atomic E-state index is 5.67. The average Bonchev–Trinajstić information content (AvgIpc) is 3.11. The summed E-state index contributed by atoms with van der Waals surface area (Å²) in [4.78, 5) is 4.48. The third-order valence-corrected chi connectivity index (χ3v) is 2.95. The molecule has 0 spiro atoms. The Balaban J connectivity index is 1.77. The number of hydrogen-bond acceptors (Lipinski definition) is 3. The number of nitrogens with zero attached hydrogens (tertiary/aromatic N) is 1. The molecule has 1 aliphatic rings. The van der Waals surface area contributed by atoms with E-state index < -0.39 is 0 Å². The highest BCUT2D eigenvalue weighted by molar-refractivity contribution is 5.15. The van der Waals surface area contributed by atoms with Gasteiger partial charge in [0.1, 0.15) is 0 Å². The van der Waals surface area contributed by atoms with E-state index in [1.807, 2.05) is 18.2 Å². The van der Waals surface area contributed by atoms with Crippen molar-refractivity contribution >= 4 is 0 Å². The Morgan fingerprint density at radius 2 is 2.24 bits per heavy atom. The van der Waals surface area contributed by atoms with Gasteiger partial charge in [0, 0.05) is 18.7 Å². The topological polar surface area (TPSA) is 34.1 Å². The van der Waals surface area contributed by atoms with Crippen molar-refractivity contribution in [2.24, 2.45) is 5.92 Å². The minimum atomic E-state index is 0.483. The number of nitrogens with one attached hydrogen (secondary N) is 1. The van der Waals surface area contributed by atoms with Gasteiger partial charge in [-0.3, -0.25) is 0 Å². The van der Waals surface area contributed by atoms with Crippen molar-refractivity contribution in [1.82, 2.24) is 10.3 Å². The molecule has 0 unspecified atom stereocenters. The van der Waals surface area contributed by atoms with Crippen molar-refractivity contribution < 1.29 is 4.74 Å². The standard InChI is InChI=1S/C14H22N2O/c1-11(2)15-10-13-4-3-5-14(16-13)17-9-8-12-6-7-12/h3-5,11-12,15H,6-10H2,1-2H3. The molecule has 1 fully saturated rings. The summed E-state index contributed by atoms with van der Waals surface area (Å²) in [5.74, 6) is 1.68. The highest BCUT2D eigenvalue weighted by Crippen LogP contribution is 2.32. The van der Waals surface area contributed by atoms with Crippen LogP contribution in [0.3, 0.4) is 0 Å². The van der Waals surface area contributed by atoms with Gasteiger partial charge in [-0.05, 0) is 18.4 Å². The normalized spacial score (nSPS) is 15.2. The second-order valence-corrected chi connectivity index (χ2v) is 5.08. The molecule has 1 aromatic heterocycles. The van der Waals surface area contributed by atoms with Crippen LogP contribution in [0, 0.1) is 5.92 Å². The second-order valence-electron chi connectivity index (χ2n) is 5.08. The molecular formula is C14H22N2O. The monoisotopic (exact) mass is 234 g/mol. The summed E-state index contributed by atoms with van der Waals surface area (Å²) in [7, 11) is 0. The summed E-state index contributed by atoms with van der Waals surface area (Å²) in [6, 6.07) is 6.46. The number of pyridine rings is 1. The zero-order valence-electron chi connectivity index (χ0n) is 10.8. The van der Waals surface area contributed by atoms with E-state index in [0.29, 0.717) is 6.04 Å². The highest BCUT2D eigenvalue weighted by atomic mass is 16.5. The van der Waals surface area contributed by atoms with Crippen LogP contribution in [-0.4, -0.2) is 17.6 Å². The van der Waals surface area contributed by atoms with Gasteiger partial charge in [-0.2, -0.15) is 0 Å². The summed E-state index contributed by atoms with van der Waals surface area (Å²) >= 11 is 0. The summed E-state index contributed by atoms with van der Waals surface area (Å²) < 4.78 is 5.67. The Bertz CT molecular complexity index is 348. The molecular weight excluding hydrogens is 212 g/mol. The predicted molar refractivity (Wildman–Crippen MR) is 69.0 cm³/mol. The van der Waals surface area contributed by atoms with E-state index in [9.17, 15) is 0 Å². The van der Waals surface area contributed by atoms with Crippen LogP contribution in [0.25, 0.3) is 0 Å². The molecule has 1 aliphatic carbocycles. The van der Waals surface area contributed by atoms with E-state index in [-0.39, 0.29) is 0 Å². The molecule has 0 amide bonds. The molecule has 17 heavy (non-hydrogen) atoms. The van der Waals surface area contributed by atoms with Gasteiger partial charge in [0.15, 0.2) is 0 Å². The van der Waals surface area contributed by atoms with Gasteiger partial charge in [0.2, 0.25) is 5.88 Å². The molecule has 2 rings (SSSR count). The average molecular weight is 234 g/mol. The molecule has 0 radical (unpaired) electrons. The summed E-state index contributed by atoms with van der Waals surface area (Å²) in [6.07, 6.45) is 3.94. The van der Waals surface area contributed by atoms with E-state index in [0.717, 1.165) is 30.6 Å². The van der Waals surface area contributed by atoms with Crippen LogP contribution in [-0.2, 0) is 6.54 Å². The Morgan fingerprint density at radius 1 is 1.41 bits per heavy atom. The van der Waals surface area contributed by atoms with Gasteiger partial charge in [0.25, 0.3) is 0 Å². The largest absolute Gasteiger partial charge is 0.478 e. The maximum absolute atomic E-state index is 5.67. The first-order valence-electron chi connectivity index (χ1n) is 6.56. The Labute approximate surface area is 104 Å². The Morgan fingerprint density at radius 3 is 2.94 bits per heavy atom. The summed E-state index contributed by atoms with van der Waals surface area (Å²) in [5.41, 5.74) is 1.04. The van der Waals surface area contributed by atoms with Gasteiger partial charge in [-0.25, -0.2) is 4.98 Å². The second kappa shape index (κ2) is 6.01. The van der Waals surface area contributed by atoms with E-state index >= 15 is 0 Å². The fraction of sp³-hybridized carbons (Fsp3) is 0.643. The molecule has 1 heterocycles. The zero-order valence-corrected chi connectivity index (χ0v) is 10.8. The van der Waals surface area contributed by atoms with Crippen LogP contribution in [0.5, 0.6) is 5.88 Å². The fourth-order valence-electron chi connectivity index (χ4n) is 1.68. The van der Waals surface area contributed by atoms with Gasteiger partial charge < -0.3 is 10.1 Å². The van der Waals surface area contributed by atoms with Crippen molar-refractivity contribution in [2.75, 3.05) is 6.61 Å². The quantitative estimate of drug-likeness (QED) is 0.787. The van der Waals surface area contributed by atoms with Crippen molar-refractivity contribution in [3.63, 3.8) is 0 Å². The van der Waals surface area contributed by atoms with Crippen LogP contribution >= 0.6 is 0 Å². The van der Waals surface area contributed by atoms with Crippen LogP contribution in [0.2, 0.25) is 0 Å². The first-order valence-corrected chi connectivity index (χ1v) is 6.56. The lowest BCUT2D eigenvalue weighted by Crippen LogP contribution is -2.22. The maximum Gasteiger partial charge on any atom is 0.213 e. The van der Waals surface area contributed by atoms with Crippen molar-refractivity contribution in [1.29, 1.82) is 0 Å². The van der Waals surface area contributed by atoms with Crippen LogP contribution in [0.15, 0.2) is 18.2 Å². The fourth-order valence-corrected chi connectivity index (χ4v) is 1.68. The zero-order chi connectivity index (χ0) is 12.1. The molecule has 1 N–H and O–H groups in total. The van der Waals surface area contributed by atoms with Crippen molar-refractivity contribution in [2.45, 2.75) is 45.7 Å². The van der Waals surface area contributed by atoms with Gasteiger partial charge in [-0.15, -0.1) is 0 Å². The predicted octanol–water partition coefficient (Wildman–Crippen LogP) is 2.76. The van der Waals surface area contributed by atoms with Crippen LogP contribution < -0.4 is 10.1 Å². The smallest absolute Gasteiger partial charge is 0.213 e. The lowest BCUT2D eigenvalue weighted by Gasteiger charge is -2.09. The third-order valence-electron chi connectivity index (χ3n) is 2.95. The molecule has 1 saturated carbocycles. The molecule has 0 aromatic carbocycles. The Kier molecular flexibility index (Phi) is 4.37. The lowest BCUT2D eigenvalue weighted by molar-refractivity contribution is 0.290. The van der Waals surface area contributed by atoms with Gasteiger partial charge in [0.05, 0.1) is 12.3 Å². The highest BCUT2D eigenvalue weighted by Gasteiger charge is 2.20. The molecule has 0 atom stereocenters.